The fourth-order valence-electron chi connectivity index (χ4n) is 4.13. The van der Waals surface area contributed by atoms with Crippen LogP contribution < -0.4 is 0 Å². The highest BCUT2D eigenvalue weighted by Gasteiger charge is 2.52. The molecular weight excluding hydrogens is 411 g/mol. The molecule has 2 aliphatic heterocycles. The minimum absolute atomic E-state index is 0.0265. The Morgan fingerprint density at radius 2 is 1.64 bits per heavy atom. The smallest absolute Gasteiger partial charge is 0.169 e. The summed E-state index contributed by atoms with van der Waals surface area (Å²) in [5.74, 6) is 0.268. The maximum absolute atomic E-state index is 9.92. The van der Waals surface area contributed by atoms with Gasteiger partial charge in [0.25, 0.3) is 0 Å². The number of thioether (sulfide) groups is 1. The van der Waals surface area contributed by atoms with E-state index in [1.807, 2.05) is 36.4 Å². The Morgan fingerprint density at radius 3 is 2.18 bits per heavy atom. The molecule has 2 aromatic rings. The van der Waals surface area contributed by atoms with Crippen LogP contribution in [0.25, 0.3) is 0 Å². The number of hydrogen-bond acceptors (Lipinski definition) is 4. The average molecular weight is 433 g/mol. The summed E-state index contributed by atoms with van der Waals surface area (Å²) in [6.07, 6.45) is 0. The first-order chi connectivity index (χ1) is 13.3. The predicted octanol–water partition coefficient (Wildman–Crippen LogP) is 6.23. The summed E-state index contributed by atoms with van der Waals surface area (Å²) in [5, 5.41) is 12.3. The van der Waals surface area contributed by atoms with E-state index in [1.165, 1.54) is 0 Å². The average Bonchev–Trinajstić information content (AvgIpc) is 3.15. The summed E-state index contributed by atoms with van der Waals surface area (Å²) in [7, 11) is 0. The largest absolute Gasteiger partial charge is 0.391 e. The van der Waals surface area contributed by atoms with Gasteiger partial charge in [0, 0.05) is 20.6 Å². The Morgan fingerprint density at radius 1 is 1.07 bits per heavy atom. The van der Waals surface area contributed by atoms with Crippen molar-refractivity contribution in [3.05, 3.63) is 80.3 Å². The lowest BCUT2D eigenvalue weighted by Crippen LogP contribution is -2.36. The van der Waals surface area contributed by atoms with Crippen LogP contribution in [0.3, 0.4) is 0 Å². The highest BCUT2D eigenvalue weighted by Crippen LogP contribution is 2.55. The Bertz CT molecular complexity index is 954. The Kier molecular flexibility index (Phi) is 5.25. The van der Waals surface area contributed by atoms with Crippen LogP contribution in [0.15, 0.2) is 64.1 Å². The van der Waals surface area contributed by atoms with Crippen LogP contribution in [-0.2, 0) is 5.54 Å². The monoisotopic (exact) mass is 432 g/mol. The second-order valence-corrected chi connectivity index (χ2v) is 9.53. The maximum atomic E-state index is 9.92. The van der Waals surface area contributed by atoms with Crippen LogP contribution in [0.4, 0.5) is 0 Å². The van der Waals surface area contributed by atoms with Gasteiger partial charge in [-0.3, -0.25) is 0 Å². The normalized spacial score (nSPS) is 24.2. The number of allylic oxidation sites excluding steroid dienone is 1. The molecule has 146 valence electrons. The number of aliphatic imine (C=N–C) groups is 1. The van der Waals surface area contributed by atoms with Gasteiger partial charge in [-0.25, -0.2) is 4.99 Å². The third-order valence-corrected chi connectivity index (χ3v) is 6.95. The topological polar surface area (TPSA) is 35.8 Å². The standard InChI is InChI=1S/C22H22Cl2N2OS/c1-13(2)19-18(12-27)28-21-25-22(3,15-6-10-17(24)11-7-15)20(26(19)21)14-4-8-16(23)9-5-14/h4-11,13,20,27H,12H2,1-3H3. The summed E-state index contributed by atoms with van der Waals surface area (Å²) in [5.41, 5.74) is 2.90. The van der Waals surface area contributed by atoms with E-state index in [0.29, 0.717) is 10.0 Å². The summed E-state index contributed by atoms with van der Waals surface area (Å²) in [6, 6.07) is 15.9. The number of amidine groups is 1. The molecule has 1 N–H and O–H groups in total. The van der Waals surface area contributed by atoms with E-state index < -0.39 is 5.54 Å². The van der Waals surface area contributed by atoms with Crippen LogP contribution in [0.5, 0.6) is 0 Å². The minimum atomic E-state index is -0.484. The molecule has 4 rings (SSSR count). The van der Waals surface area contributed by atoms with Crippen molar-refractivity contribution >= 4 is 40.1 Å². The third kappa shape index (κ3) is 3.17. The second-order valence-electron chi connectivity index (χ2n) is 7.60. The number of fused-ring (bicyclic) bond motifs is 1. The lowest BCUT2D eigenvalue weighted by atomic mass is 9.81. The van der Waals surface area contributed by atoms with Crippen molar-refractivity contribution in [1.82, 2.24) is 4.90 Å². The molecule has 2 heterocycles. The van der Waals surface area contributed by atoms with Crippen LogP contribution in [0.2, 0.25) is 10.0 Å². The highest BCUT2D eigenvalue weighted by molar-refractivity contribution is 8.17. The first kappa shape index (κ1) is 19.8. The zero-order chi connectivity index (χ0) is 20.1. The lowest BCUT2D eigenvalue weighted by molar-refractivity contribution is 0.267. The molecular formula is C22H22Cl2N2OS. The maximum Gasteiger partial charge on any atom is 0.169 e. The van der Waals surface area contributed by atoms with E-state index in [-0.39, 0.29) is 18.6 Å². The van der Waals surface area contributed by atoms with Gasteiger partial charge in [-0.2, -0.15) is 0 Å². The number of aliphatic hydroxyl groups excluding tert-OH is 1. The molecule has 28 heavy (non-hydrogen) atoms. The molecule has 2 unspecified atom stereocenters. The molecule has 2 aliphatic rings. The third-order valence-electron chi connectivity index (χ3n) is 5.39. The molecule has 0 spiro atoms. The zero-order valence-electron chi connectivity index (χ0n) is 16.0. The Balaban J connectivity index is 1.89. The molecule has 0 saturated carbocycles. The van der Waals surface area contributed by atoms with Crippen LogP contribution in [0, 0.1) is 5.92 Å². The molecule has 0 amide bonds. The SMILES string of the molecule is CC(C)C1=C(CO)SC2=NC(C)(c3ccc(Cl)cc3)C(c3ccc(Cl)cc3)N21. The van der Waals surface area contributed by atoms with Crippen LogP contribution >= 0.6 is 35.0 Å². The van der Waals surface area contributed by atoms with E-state index in [9.17, 15) is 5.11 Å². The highest BCUT2D eigenvalue weighted by atomic mass is 35.5. The van der Waals surface area contributed by atoms with Gasteiger partial charge in [-0.1, -0.05) is 73.1 Å². The molecule has 3 nitrogen and oxygen atoms in total. The van der Waals surface area contributed by atoms with Crippen molar-refractivity contribution in [3.63, 3.8) is 0 Å². The molecule has 0 fully saturated rings. The van der Waals surface area contributed by atoms with Crippen LogP contribution in [-0.4, -0.2) is 21.8 Å². The quantitative estimate of drug-likeness (QED) is 0.621. The molecule has 0 aromatic heterocycles. The van der Waals surface area contributed by atoms with Gasteiger partial charge in [0.1, 0.15) is 5.54 Å². The minimum Gasteiger partial charge on any atom is -0.391 e. The molecule has 6 heteroatoms. The Labute approximate surface area is 180 Å². The van der Waals surface area contributed by atoms with Gasteiger partial charge in [0.05, 0.1) is 12.6 Å². The lowest BCUT2D eigenvalue weighted by Gasteiger charge is -2.37. The van der Waals surface area contributed by atoms with Crippen molar-refractivity contribution in [2.45, 2.75) is 32.4 Å². The predicted molar refractivity (Wildman–Crippen MR) is 119 cm³/mol. The molecule has 0 bridgehead atoms. The van der Waals surface area contributed by atoms with Gasteiger partial charge in [0.15, 0.2) is 5.17 Å². The van der Waals surface area contributed by atoms with E-state index in [0.717, 1.165) is 26.9 Å². The van der Waals surface area contributed by atoms with E-state index in [1.54, 1.807) is 11.8 Å². The molecule has 2 atom stereocenters. The van der Waals surface area contributed by atoms with Gasteiger partial charge in [-0.15, -0.1) is 0 Å². The molecule has 0 saturated heterocycles. The van der Waals surface area contributed by atoms with Crippen molar-refractivity contribution in [2.24, 2.45) is 10.9 Å². The van der Waals surface area contributed by atoms with E-state index in [2.05, 4.69) is 37.8 Å². The fraction of sp³-hybridized carbons (Fsp3) is 0.318. The van der Waals surface area contributed by atoms with E-state index >= 15 is 0 Å². The second kappa shape index (κ2) is 7.42. The summed E-state index contributed by atoms with van der Waals surface area (Å²) in [4.78, 5) is 8.45. The number of rotatable bonds is 4. The Hall–Kier alpha value is -1.46. The first-order valence-electron chi connectivity index (χ1n) is 9.27. The van der Waals surface area contributed by atoms with Gasteiger partial charge in [0.2, 0.25) is 0 Å². The number of aliphatic hydroxyl groups is 1. The van der Waals surface area contributed by atoms with Crippen LogP contribution in [0.1, 0.15) is 37.9 Å². The molecule has 0 aliphatic carbocycles. The first-order valence-corrected chi connectivity index (χ1v) is 10.8. The molecule has 0 radical (unpaired) electrons. The number of halogens is 2. The van der Waals surface area contributed by atoms with Crippen molar-refractivity contribution < 1.29 is 5.11 Å². The summed E-state index contributed by atoms with van der Waals surface area (Å²) in [6.45, 7) is 6.51. The van der Waals surface area contributed by atoms with Crippen molar-refractivity contribution in [3.8, 4) is 0 Å². The number of nitrogens with zero attached hydrogens (tertiary/aromatic N) is 2. The van der Waals surface area contributed by atoms with Crippen molar-refractivity contribution in [1.29, 1.82) is 0 Å². The fourth-order valence-corrected chi connectivity index (χ4v) is 5.64. The summed E-state index contributed by atoms with van der Waals surface area (Å²) >= 11 is 13.9. The van der Waals surface area contributed by atoms with Gasteiger partial charge >= 0.3 is 0 Å². The number of benzene rings is 2. The zero-order valence-corrected chi connectivity index (χ0v) is 18.3. The number of hydrogen-bond donors (Lipinski definition) is 1. The van der Waals surface area contributed by atoms with E-state index in [4.69, 9.17) is 28.2 Å². The van der Waals surface area contributed by atoms with Gasteiger partial charge in [-0.05, 0) is 48.2 Å². The molecule has 2 aromatic carbocycles. The van der Waals surface area contributed by atoms with Gasteiger partial charge < -0.3 is 10.0 Å². The summed E-state index contributed by atoms with van der Waals surface area (Å²) < 4.78 is 0. The van der Waals surface area contributed by atoms with Crippen molar-refractivity contribution in [2.75, 3.05) is 6.61 Å².